The zero-order valence-electron chi connectivity index (χ0n) is 16.0. The van der Waals surface area contributed by atoms with Gasteiger partial charge >= 0.3 is 0 Å². The van der Waals surface area contributed by atoms with Crippen LogP contribution in [0.15, 0.2) is 41.9 Å². The van der Waals surface area contributed by atoms with E-state index in [2.05, 4.69) is 47.4 Å². The third-order valence-corrected chi connectivity index (χ3v) is 6.77. The predicted molar refractivity (Wildman–Crippen MR) is 114 cm³/mol. The Morgan fingerprint density at radius 2 is 2.15 bits per heavy atom. The Labute approximate surface area is 164 Å². The van der Waals surface area contributed by atoms with Crippen LogP contribution in [-0.2, 0) is 0 Å². The molecule has 1 aliphatic heterocycles. The van der Waals surface area contributed by atoms with Crippen LogP contribution in [-0.4, -0.2) is 34.9 Å². The second-order valence-corrected chi connectivity index (χ2v) is 8.45. The number of hydrogen-bond donors (Lipinski definition) is 2. The summed E-state index contributed by atoms with van der Waals surface area (Å²) in [6.45, 7) is 6.93. The molecule has 1 atom stereocenters. The zero-order chi connectivity index (χ0) is 18.8. The maximum Gasteiger partial charge on any atom is 0.265 e. The van der Waals surface area contributed by atoms with Gasteiger partial charge in [-0.05, 0) is 80.4 Å². The molecule has 3 heterocycles. The number of piperidine rings is 1. The zero-order valence-corrected chi connectivity index (χ0v) is 16.8. The number of aromatic amines is 1. The van der Waals surface area contributed by atoms with E-state index in [1.807, 2.05) is 23.6 Å². The van der Waals surface area contributed by atoms with Crippen LogP contribution in [0, 0.1) is 0 Å². The Morgan fingerprint density at radius 3 is 2.85 bits per heavy atom. The van der Waals surface area contributed by atoms with Gasteiger partial charge in [0.2, 0.25) is 0 Å². The molecule has 2 aromatic heterocycles. The predicted octanol–water partition coefficient (Wildman–Crippen LogP) is 5.46. The first-order chi connectivity index (χ1) is 13.2. The minimum absolute atomic E-state index is 0.0386. The van der Waals surface area contributed by atoms with Crippen LogP contribution in [0.3, 0.4) is 0 Å². The molecule has 142 valence electrons. The molecule has 27 heavy (non-hydrogen) atoms. The van der Waals surface area contributed by atoms with Crippen LogP contribution in [0.2, 0.25) is 0 Å². The van der Waals surface area contributed by atoms with Crippen LogP contribution >= 0.6 is 11.3 Å². The molecule has 1 aromatic carbocycles. The maximum atomic E-state index is 12.4. The number of carbonyl (C=O) groups excluding carboxylic acids is 1. The van der Waals surface area contributed by atoms with E-state index in [1.54, 1.807) is 0 Å². The molecule has 4 rings (SSSR count). The standard InChI is InChI=1S/C22H27N3OS/c1-3-15(2)25-10-8-16(9-11-25)19-14-23-20-7-6-17(13-18(19)20)24-22(26)21-5-4-12-27-21/h4-7,12-16,23H,3,8-11H2,1-2H3,(H,24,26). The number of fused-ring (bicyclic) bond motifs is 1. The van der Waals surface area contributed by atoms with Gasteiger partial charge < -0.3 is 15.2 Å². The number of likely N-dealkylation sites (tertiary alicyclic amines) is 1. The van der Waals surface area contributed by atoms with E-state index in [0.29, 0.717) is 12.0 Å². The Morgan fingerprint density at radius 1 is 1.33 bits per heavy atom. The van der Waals surface area contributed by atoms with Crippen LogP contribution in [0.25, 0.3) is 10.9 Å². The highest BCUT2D eigenvalue weighted by molar-refractivity contribution is 7.12. The van der Waals surface area contributed by atoms with Gasteiger partial charge in [-0.25, -0.2) is 0 Å². The molecule has 4 nitrogen and oxygen atoms in total. The largest absolute Gasteiger partial charge is 0.361 e. The number of thiophene rings is 1. The number of hydrogen-bond acceptors (Lipinski definition) is 3. The summed E-state index contributed by atoms with van der Waals surface area (Å²) in [5.41, 5.74) is 3.39. The Kier molecular flexibility index (Phi) is 5.32. The monoisotopic (exact) mass is 381 g/mol. The molecule has 5 heteroatoms. The average Bonchev–Trinajstić information content (AvgIpc) is 3.37. The molecular formula is C22H27N3OS. The van der Waals surface area contributed by atoms with Gasteiger partial charge in [-0.2, -0.15) is 0 Å². The van der Waals surface area contributed by atoms with Crippen molar-refractivity contribution in [1.82, 2.24) is 9.88 Å². The van der Waals surface area contributed by atoms with Crippen molar-refractivity contribution in [3.63, 3.8) is 0 Å². The highest BCUT2D eigenvalue weighted by atomic mass is 32.1. The van der Waals surface area contributed by atoms with Crippen molar-refractivity contribution in [1.29, 1.82) is 0 Å². The molecule has 1 unspecified atom stereocenters. The van der Waals surface area contributed by atoms with E-state index in [-0.39, 0.29) is 5.91 Å². The molecule has 2 N–H and O–H groups in total. The number of aromatic nitrogens is 1. The van der Waals surface area contributed by atoms with Crippen molar-refractivity contribution < 1.29 is 4.79 Å². The molecule has 1 amide bonds. The van der Waals surface area contributed by atoms with E-state index in [1.165, 1.54) is 54.6 Å². The lowest BCUT2D eigenvalue weighted by atomic mass is 9.88. The molecule has 0 radical (unpaired) electrons. The number of anilines is 1. The highest BCUT2D eigenvalue weighted by Gasteiger charge is 2.24. The maximum absolute atomic E-state index is 12.4. The molecule has 0 bridgehead atoms. The molecular weight excluding hydrogens is 354 g/mol. The van der Waals surface area contributed by atoms with Gasteiger partial charge in [-0.3, -0.25) is 4.79 Å². The Balaban J connectivity index is 1.52. The second kappa shape index (κ2) is 7.87. The second-order valence-electron chi connectivity index (χ2n) is 7.50. The fourth-order valence-corrected chi connectivity index (χ4v) is 4.69. The first-order valence-electron chi connectivity index (χ1n) is 9.85. The topological polar surface area (TPSA) is 48.1 Å². The molecule has 0 saturated carbocycles. The summed E-state index contributed by atoms with van der Waals surface area (Å²) in [6, 6.07) is 10.6. The average molecular weight is 382 g/mol. The summed E-state index contributed by atoms with van der Waals surface area (Å²) in [4.78, 5) is 19.1. The van der Waals surface area contributed by atoms with Crippen LogP contribution in [0.1, 0.15) is 54.3 Å². The summed E-state index contributed by atoms with van der Waals surface area (Å²) < 4.78 is 0. The number of H-pyrrole nitrogens is 1. The quantitative estimate of drug-likeness (QED) is 0.616. The third kappa shape index (κ3) is 3.80. The summed E-state index contributed by atoms with van der Waals surface area (Å²) >= 11 is 1.46. The van der Waals surface area contributed by atoms with E-state index in [9.17, 15) is 4.79 Å². The van der Waals surface area contributed by atoms with Gasteiger partial charge in [0.1, 0.15) is 0 Å². The number of rotatable bonds is 5. The molecule has 1 aliphatic rings. The first kappa shape index (κ1) is 18.3. The number of amides is 1. The fraction of sp³-hybridized carbons (Fsp3) is 0.409. The normalized spacial score (nSPS) is 17.3. The van der Waals surface area contributed by atoms with E-state index < -0.39 is 0 Å². The summed E-state index contributed by atoms with van der Waals surface area (Å²) in [6.07, 6.45) is 5.77. The van der Waals surface area contributed by atoms with Crippen molar-refractivity contribution in [2.75, 3.05) is 18.4 Å². The van der Waals surface area contributed by atoms with Gasteiger partial charge in [-0.1, -0.05) is 13.0 Å². The van der Waals surface area contributed by atoms with Crippen molar-refractivity contribution >= 4 is 33.8 Å². The molecule has 1 saturated heterocycles. The highest BCUT2D eigenvalue weighted by Crippen LogP contribution is 2.35. The first-order valence-corrected chi connectivity index (χ1v) is 10.7. The third-order valence-electron chi connectivity index (χ3n) is 5.90. The van der Waals surface area contributed by atoms with Gasteiger partial charge in [0.25, 0.3) is 5.91 Å². The minimum atomic E-state index is -0.0386. The van der Waals surface area contributed by atoms with Gasteiger partial charge in [-0.15, -0.1) is 11.3 Å². The van der Waals surface area contributed by atoms with Crippen molar-refractivity contribution in [2.45, 2.75) is 45.1 Å². The lowest BCUT2D eigenvalue weighted by molar-refractivity contribution is 0.103. The summed E-state index contributed by atoms with van der Waals surface area (Å²) in [5.74, 6) is 0.547. The van der Waals surface area contributed by atoms with Gasteiger partial charge in [0.15, 0.2) is 0 Å². The van der Waals surface area contributed by atoms with Crippen molar-refractivity contribution in [3.05, 3.63) is 52.3 Å². The van der Waals surface area contributed by atoms with E-state index in [4.69, 9.17) is 0 Å². The molecule has 1 fully saturated rings. The Bertz CT molecular complexity index is 907. The van der Waals surface area contributed by atoms with Crippen molar-refractivity contribution in [3.8, 4) is 0 Å². The Hall–Kier alpha value is -2.11. The summed E-state index contributed by atoms with van der Waals surface area (Å²) in [7, 11) is 0. The van der Waals surface area contributed by atoms with Crippen molar-refractivity contribution in [2.24, 2.45) is 0 Å². The minimum Gasteiger partial charge on any atom is -0.361 e. The number of carbonyl (C=O) groups is 1. The van der Waals surface area contributed by atoms with E-state index >= 15 is 0 Å². The van der Waals surface area contributed by atoms with Crippen LogP contribution in [0.5, 0.6) is 0 Å². The molecule has 0 aliphatic carbocycles. The number of nitrogens with one attached hydrogen (secondary N) is 2. The van der Waals surface area contributed by atoms with Crippen LogP contribution in [0.4, 0.5) is 5.69 Å². The van der Waals surface area contributed by atoms with Gasteiger partial charge in [0.05, 0.1) is 4.88 Å². The molecule has 3 aromatic rings. The van der Waals surface area contributed by atoms with Crippen LogP contribution < -0.4 is 5.32 Å². The molecule has 0 spiro atoms. The number of benzene rings is 1. The fourth-order valence-electron chi connectivity index (χ4n) is 4.07. The lowest BCUT2D eigenvalue weighted by Gasteiger charge is -2.35. The lowest BCUT2D eigenvalue weighted by Crippen LogP contribution is -2.39. The number of nitrogens with zero attached hydrogens (tertiary/aromatic N) is 1. The smallest absolute Gasteiger partial charge is 0.265 e. The van der Waals surface area contributed by atoms with Gasteiger partial charge in [0, 0.05) is 28.8 Å². The van der Waals surface area contributed by atoms with E-state index in [0.717, 1.165) is 16.1 Å². The SMILES string of the molecule is CCC(C)N1CCC(c2c[nH]c3ccc(NC(=O)c4cccs4)cc23)CC1. The summed E-state index contributed by atoms with van der Waals surface area (Å²) in [5, 5.41) is 6.20.